The summed E-state index contributed by atoms with van der Waals surface area (Å²) in [6, 6.07) is 3.52. The summed E-state index contributed by atoms with van der Waals surface area (Å²) in [5, 5.41) is 2.85. The Hall–Kier alpha value is -1.62. The zero-order valence-corrected chi connectivity index (χ0v) is 13.2. The number of rotatable bonds is 4. The van der Waals surface area contributed by atoms with Crippen LogP contribution in [0.4, 0.5) is 4.39 Å². The lowest BCUT2D eigenvalue weighted by Crippen LogP contribution is -2.42. The summed E-state index contributed by atoms with van der Waals surface area (Å²) in [4.78, 5) is 23.7. The van der Waals surface area contributed by atoms with Crippen molar-refractivity contribution in [3.05, 3.63) is 34.6 Å². The van der Waals surface area contributed by atoms with Crippen LogP contribution in [0.3, 0.4) is 0 Å². The van der Waals surface area contributed by atoms with E-state index in [4.69, 9.17) is 16.3 Å². The van der Waals surface area contributed by atoms with Crippen LogP contribution in [0, 0.1) is 11.7 Å². The fourth-order valence-electron chi connectivity index (χ4n) is 2.64. The molecule has 1 aromatic carbocycles. The molecule has 0 spiro atoms. The summed E-state index contributed by atoms with van der Waals surface area (Å²) in [5.41, 5.74) is 0.0434. The van der Waals surface area contributed by atoms with Crippen molar-refractivity contribution < 1.29 is 18.7 Å². The van der Waals surface area contributed by atoms with E-state index in [1.807, 2.05) is 0 Å². The van der Waals surface area contributed by atoms with E-state index in [-0.39, 0.29) is 29.1 Å². The van der Waals surface area contributed by atoms with Gasteiger partial charge in [0.15, 0.2) is 6.61 Å². The van der Waals surface area contributed by atoms with Crippen molar-refractivity contribution in [2.45, 2.75) is 38.6 Å². The Bertz CT molecular complexity index is 564. The third-order valence-electron chi connectivity index (χ3n) is 3.94. The standard InChI is InChI=1S/C16H19ClFNO3/c1-10-4-2-3-5-14(10)19-15(20)9-22-16(21)12-7-6-11(18)8-13(12)17/h6-8,10,14H,2-5,9H2,1H3,(H,19,20)/t10-,14-/m0/s1. The van der Waals surface area contributed by atoms with Crippen LogP contribution in [0.2, 0.25) is 5.02 Å². The summed E-state index contributed by atoms with van der Waals surface area (Å²) in [5.74, 6) is -1.17. The van der Waals surface area contributed by atoms with Crippen LogP contribution >= 0.6 is 11.6 Å². The first kappa shape index (κ1) is 16.7. The number of amides is 1. The molecule has 22 heavy (non-hydrogen) atoms. The predicted octanol–water partition coefficient (Wildman–Crippen LogP) is 3.33. The first-order chi connectivity index (χ1) is 10.5. The second kappa shape index (κ2) is 7.58. The largest absolute Gasteiger partial charge is 0.452 e. The Labute approximate surface area is 134 Å². The topological polar surface area (TPSA) is 55.4 Å². The van der Waals surface area contributed by atoms with E-state index >= 15 is 0 Å². The highest BCUT2D eigenvalue weighted by Gasteiger charge is 2.23. The van der Waals surface area contributed by atoms with Gasteiger partial charge in [0.25, 0.3) is 5.91 Å². The smallest absolute Gasteiger partial charge is 0.340 e. The van der Waals surface area contributed by atoms with Crippen LogP contribution < -0.4 is 5.32 Å². The molecule has 1 fully saturated rings. The second-order valence-corrected chi connectivity index (χ2v) is 6.04. The van der Waals surface area contributed by atoms with Gasteiger partial charge in [-0.05, 0) is 37.0 Å². The van der Waals surface area contributed by atoms with E-state index in [2.05, 4.69) is 12.2 Å². The molecule has 1 N–H and O–H groups in total. The number of benzene rings is 1. The maximum absolute atomic E-state index is 12.9. The number of ether oxygens (including phenoxy) is 1. The van der Waals surface area contributed by atoms with Crippen LogP contribution in [0.1, 0.15) is 43.0 Å². The Kier molecular flexibility index (Phi) is 5.77. The number of carbonyl (C=O) groups excluding carboxylic acids is 2. The number of hydrogen-bond acceptors (Lipinski definition) is 3. The Balaban J connectivity index is 1.84. The summed E-state index contributed by atoms with van der Waals surface area (Å²) in [7, 11) is 0. The molecule has 1 amide bonds. The minimum Gasteiger partial charge on any atom is -0.452 e. The second-order valence-electron chi connectivity index (χ2n) is 5.64. The highest BCUT2D eigenvalue weighted by molar-refractivity contribution is 6.33. The van der Waals surface area contributed by atoms with Gasteiger partial charge in [0.2, 0.25) is 0 Å². The van der Waals surface area contributed by atoms with Crippen LogP contribution in [0.15, 0.2) is 18.2 Å². The normalized spacial score (nSPS) is 21.2. The molecular formula is C16H19ClFNO3. The van der Waals surface area contributed by atoms with Crippen molar-refractivity contribution in [1.82, 2.24) is 5.32 Å². The van der Waals surface area contributed by atoms with Crippen molar-refractivity contribution in [3.8, 4) is 0 Å². The molecule has 1 aliphatic carbocycles. The predicted molar refractivity (Wildman–Crippen MR) is 81.3 cm³/mol. The van der Waals surface area contributed by atoms with Crippen molar-refractivity contribution >= 4 is 23.5 Å². The molecule has 6 heteroatoms. The molecule has 1 saturated carbocycles. The van der Waals surface area contributed by atoms with Gasteiger partial charge in [-0.1, -0.05) is 31.4 Å². The number of nitrogens with one attached hydrogen (secondary N) is 1. The number of esters is 1. The van der Waals surface area contributed by atoms with E-state index in [1.165, 1.54) is 12.5 Å². The first-order valence-corrected chi connectivity index (χ1v) is 7.76. The monoisotopic (exact) mass is 327 g/mol. The Morgan fingerprint density at radius 1 is 1.36 bits per heavy atom. The number of carbonyl (C=O) groups is 2. The average molecular weight is 328 g/mol. The van der Waals surface area contributed by atoms with E-state index in [0.29, 0.717) is 5.92 Å². The van der Waals surface area contributed by atoms with E-state index in [0.717, 1.165) is 31.4 Å². The molecule has 1 aromatic rings. The molecule has 0 bridgehead atoms. The van der Waals surface area contributed by atoms with E-state index < -0.39 is 11.8 Å². The molecule has 0 radical (unpaired) electrons. The summed E-state index contributed by atoms with van der Waals surface area (Å²) in [6.07, 6.45) is 4.33. The molecule has 1 aliphatic rings. The quantitative estimate of drug-likeness (QED) is 0.863. The molecule has 120 valence electrons. The average Bonchev–Trinajstić information content (AvgIpc) is 2.47. The van der Waals surface area contributed by atoms with Gasteiger partial charge in [-0.25, -0.2) is 9.18 Å². The van der Waals surface area contributed by atoms with E-state index in [9.17, 15) is 14.0 Å². The fraction of sp³-hybridized carbons (Fsp3) is 0.500. The summed E-state index contributed by atoms with van der Waals surface area (Å²) in [6.45, 7) is 1.74. The molecule has 0 unspecified atom stereocenters. The van der Waals surface area contributed by atoms with Crippen molar-refractivity contribution in [2.75, 3.05) is 6.61 Å². The van der Waals surface area contributed by atoms with Gasteiger partial charge in [0.05, 0.1) is 10.6 Å². The van der Waals surface area contributed by atoms with Gasteiger partial charge in [0, 0.05) is 6.04 Å². The minimum absolute atomic E-state index is 0.0358. The van der Waals surface area contributed by atoms with Crippen molar-refractivity contribution in [3.63, 3.8) is 0 Å². The SMILES string of the molecule is C[C@H]1CCCC[C@@H]1NC(=O)COC(=O)c1ccc(F)cc1Cl. The van der Waals surface area contributed by atoms with Crippen LogP contribution in [-0.4, -0.2) is 24.5 Å². The third kappa shape index (κ3) is 4.44. The lowest BCUT2D eigenvalue weighted by molar-refractivity contribution is -0.125. The van der Waals surface area contributed by atoms with Crippen LogP contribution in [0.5, 0.6) is 0 Å². The maximum Gasteiger partial charge on any atom is 0.340 e. The first-order valence-electron chi connectivity index (χ1n) is 7.39. The Morgan fingerprint density at radius 2 is 2.09 bits per heavy atom. The zero-order chi connectivity index (χ0) is 16.1. The van der Waals surface area contributed by atoms with Gasteiger partial charge >= 0.3 is 5.97 Å². The zero-order valence-electron chi connectivity index (χ0n) is 12.4. The summed E-state index contributed by atoms with van der Waals surface area (Å²) < 4.78 is 17.9. The van der Waals surface area contributed by atoms with Gasteiger partial charge < -0.3 is 10.1 Å². The minimum atomic E-state index is -0.739. The highest BCUT2D eigenvalue weighted by atomic mass is 35.5. The Morgan fingerprint density at radius 3 is 2.77 bits per heavy atom. The number of halogens is 2. The molecule has 2 rings (SSSR count). The molecule has 0 aromatic heterocycles. The molecule has 0 saturated heterocycles. The van der Waals surface area contributed by atoms with Gasteiger partial charge in [-0.2, -0.15) is 0 Å². The van der Waals surface area contributed by atoms with Gasteiger partial charge in [-0.15, -0.1) is 0 Å². The molecular weight excluding hydrogens is 309 g/mol. The van der Waals surface area contributed by atoms with Crippen molar-refractivity contribution in [2.24, 2.45) is 5.92 Å². The highest BCUT2D eigenvalue weighted by Crippen LogP contribution is 2.23. The summed E-state index contributed by atoms with van der Waals surface area (Å²) >= 11 is 5.77. The third-order valence-corrected chi connectivity index (χ3v) is 4.26. The molecule has 4 nitrogen and oxygen atoms in total. The maximum atomic E-state index is 12.9. The van der Waals surface area contributed by atoms with Crippen molar-refractivity contribution in [1.29, 1.82) is 0 Å². The lowest BCUT2D eigenvalue weighted by atomic mass is 9.86. The van der Waals surface area contributed by atoms with Gasteiger partial charge in [-0.3, -0.25) is 4.79 Å². The van der Waals surface area contributed by atoms with Crippen LogP contribution in [-0.2, 0) is 9.53 Å². The van der Waals surface area contributed by atoms with Crippen LogP contribution in [0.25, 0.3) is 0 Å². The number of hydrogen-bond donors (Lipinski definition) is 1. The van der Waals surface area contributed by atoms with E-state index in [1.54, 1.807) is 0 Å². The lowest BCUT2D eigenvalue weighted by Gasteiger charge is -2.29. The molecule has 0 heterocycles. The molecule has 0 aliphatic heterocycles. The van der Waals surface area contributed by atoms with Gasteiger partial charge in [0.1, 0.15) is 5.82 Å². The fourth-order valence-corrected chi connectivity index (χ4v) is 2.89. The molecule has 2 atom stereocenters.